The maximum atomic E-state index is 13.9. The molecule has 102 valence electrons. The summed E-state index contributed by atoms with van der Waals surface area (Å²) >= 11 is 5.77. The van der Waals surface area contributed by atoms with Crippen molar-refractivity contribution in [2.75, 3.05) is 0 Å². The molecule has 2 aromatic rings. The van der Waals surface area contributed by atoms with E-state index in [-0.39, 0.29) is 16.9 Å². The molecule has 0 saturated carbocycles. The summed E-state index contributed by atoms with van der Waals surface area (Å²) in [6.07, 6.45) is 3.11. The molecule has 0 aliphatic heterocycles. The van der Waals surface area contributed by atoms with Crippen molar-refractivity contribution in [3.05, 3.63) is 52.1 Å². The van der Waals surface area contributed by atoms with Gasteiger partial charge in [-0.05, 0) is 24.5 Å². The van der Waals surface area contributed by atoms with Crippen molar-refractivity contribution in [3.8, 4) is 0 Å². The predicted octanol–water partition coefficient (Wildman–Crippen LogP) is 3.02. The molecule has 0 spiro atoms. The SMILES string of the molecule is CCc1nn(C)cc1C(N)Cc1cccc(Cl)c1F. The molecule has 0 radical (unpaired) electrons. The molecular weight excluding hydrogens is 265 g/mol. The molecule has 0 aliphatic rings. The minimum atomic E-state index is -0.387. The largest absolute Gasteiger partial charge is 0.324 e. The van der Waals surface area contributed by atoms with Gasteiger partial charge in [-0.2, -0.15) is 5.10 Å². The molecule has 0 bridgehead atoms. The van der Waals surface area contributed by atoms with E-state index in [1.807, 2.05) is 20.2 Å². The first-order valence-corrected chi connectivity index (χ1v) is 6.61. The number of hydrogen-bond acceptors (Lipinski definition) is 2. The topological polar surface area (TPSA) is 43.8 Å². The maximum absolute atomic E-state index is 13.9. The van der Waals surface area contributed by atoms with Crippen LogP contribution in [0, 0.1) is 5.82 Å². The van der Waals surface area contributed by atoms with Crippen molar-refractivity contribution in [2.24, 2.45) is 12.8 Å². The zero-order valence-electron chi connectivity index (χ0n) is 11.0. The Morgan fingerprint density at radius 1 is 1.47 bits per heavy atom. The van der Waals surface area contributed by atoms with Crippen LogP contribution in [0.1, 0.15) is 29.8 Å². The van der Waals surface area contributed by atoms with E-state index < -0.39 is 0 Å². The summed E-state index contributed by atoms with van der Waals surface area (Å²) in [5.74, 6) is -0.387. The summed E-state index contributed by atoms with van der Waals surface area (Å²) in [5.41, 5.74) is 8.62. The normalized spacial score (nSPS) is 12.7. The number of aryl methyl sites for hydroxylation is 2. The lowest BCUT2D eigenvalue weighted by molar-refractivity contribution is 0.592. The molecule has 0 saturated heterocycles. The van der Waals surface area contributed by atoms with Gasteiger partial charge < -0.3 is 5.73 Å². The van der Waals surface area contributed by atoms with Crippen molar-refractivity contribution < 1.29 is 4.39 Å². The molecule has 1 aromatic carbocycles. The van der Waals surface area contributed by atoms with E-state index in [0.717, 1.165) is 17.7 Å². The Morgan fingerprint density at radius 2 is 2.21 bits per heavy atom. The molecule has 1 unspecified atom stereocenters. The van der Waals surface area contributed by atoms with Crippen LogP contribution in [0.3, 0.4) is 0 Å². The summed E-state index contributed by atoms with van der Waals surface area (Å²) < 4.78 is 15.6. The lowest BCUT2D eigenvalue weighted by atomic mass is 9.99. The van der Waals surface area contributed by atoms with Crippen molar-refractivity contribution in [1.29, 1.82) is 0 Å². The van der Waals surface area contributed by atoms with Crippen molar-refractivity contribution in [2.45, 2.75) is 25.8 Å². The van der Waals surface area contributed by atoms with Crippen molar-refractivity contribution >= 4 is 11.6 Å². The highest BCUT2D eigenvalue weighted by Crippen LogP contribution is 2.24. The third-order valence-corrected chi connectivity index (χ3v) is 3.44. The van der Waals surface area contributed by atoms with E-state index in [9.17, 15) is 4.39 Å². The lowest BCUT2D eigenvalue weighted by Gasteiger charge is -2.12. The molecule has 0 fully saturated rings. The minimum Gasteiger partial charge on any atom is -0.324 e. The van der Waals surface area contributed by atoms with Crippen LogP contribution in [0.15, 0.2) is 24.4 Å². The maximum Gasteiger partial charge on any atom is 0.145 e. The van der Waals surface area contributed by atoms with Crippen LogP contribution in [-0.2, 0) is 19.9 Å². The fourth-order valence-electron chi connectivity index (χ4n) is 2.19. The first-order valence-electron chi connectivity index (χ1n) is 6.23. The fraction of sp³-hybridized carbons (Fsp3) is 0.357. The van der Waals surface area contributed by atoms with E-state index in [2.05, 4.69) is 5.10 Å². The van der Waals surface area contributed by atoms with Gasteiger partial charge >= 0.3 is 0 Å². The summed E-state index contributed by atoms with van der Waals surface area (Å²) in [4.78, 5) is 0. The predicted molar refractivity (Wildman–Crippen MR) is 74.6 cm³/mol. The van der Waals surface area contributed by atoms with Gasteiger partial charge in [0.2, 0.25) is 0 Å². The number of hydrogen-bond donors (Lipinski definition) is 1. The van der Waals surface area contributed by atoms with E-state index in [1.54, 1.807) is 16.8 Å². The highest BCUT2D eigenvalue weighted by atomic mass is 35.5. The molecule has 3 nitrogen and oxygen atoms in total. The van der Waals surface area contributed by atoms with Gasteiger partial charge in [0.1, 0.15) is 5.82 Å². The second-order valence-corrected chi connectivity index (χ2v) is 4.99. The van der Waals surface area contributed by atoms with Crippen LogP contribution >= 0.6 is 11.6 Å². The number of nitrogens with zero attached hydrogens (tertiary/aromatic N) is 2. The van der Waals surface area contributed by atoms with Gasteiger partial charge in [-0.3, -0.25) is 4.68 Å². The smallest absolute Gasteiger partial charge is 0.145 e. The Labute approximate surface area is 117 Å². The first-order chi connectivity index (χ1) is 9.02. The Bertz CT molecular complexity index is 580. The van der Waals surface area contributed by atoms with E-state index in [4.69, 9.17) is 17.3 Å². The highest BCUT2D eigenvalue weighted by molar-refractivity contribution is 6.30. The molecular formula is C14H17ClFN3. The van der Waals surface area contributed by atoms with Crippen LogP contribution in [0.25, 0.3) is 0 Å². The Hall–Kier alpha value is -1.39. The zero-order chi connectivity index (χ0) is 14.0. The van der Waals surface area contributed by atoms with Gasteiger partial charge in [-0.1, -0.05) is 30.7 Å². The number of halogens is 2. The van der Waals surface area contributed by atoms with Crippen molar-refractivity contribution in [1.82, 2.24) is 9.78 Å². The van der Waals surface area contributed by atoms with E-state index in [0.29, 0.717) is 12.0 Å². The third-order valence-electron chi connectivity index (χ3n) is 3.14. The first kappa shape index (κ1) is 14.0. The standard InChI is InChI=1S/C14H17ClFN3/c1-3-13-10(8-19(2)18-13)12(17)7-9-5-4-6-11(15)14(9)16/h4-6,8,12H,3,7,17H2,1-2H3. The lowest BCUT2D eigenvalue weighted by Crippen LogP contribution is -2.15. The molecule has 2 N–H and O–H groups in total. The number of aromatic nitrogens is 2. The van der Waals surface area contributed by atoms with Crippen LogP contribution in [0.5, 0.6) is 0 Å². The highest BCUT2D eigenvalue weighted by Gasteiger charge is 2.17. The van der Waals surface area contributed by atoms with E-state index >= 15 is 0 Å². The van der Waals surface area contributed by atoms with Crippen LogP contribution in [-0.4, -0.2) is 9.78 Å². The summed E-state index contributed by atoms with van der Waals surface area (Å²) in [6, 6.07) is 4.70. The van der Waals surface area contributed by atoms with Crippen LogP contribution in [0.4, 0.5) is 4.39 Å². The monoisotopic (exact) mass is 281 g/mol. The Morgan fingerprint density at radius 3 is 2.89 bits per heavy atom. The second-order valence-electron chi connectivity index (χ2n) is 4.58. The molecule has 0 amide bonds. The number of rotatable bonds is 4. The molecule has 0 aliphatic carbocycles. The quantitative estimate of drug-likeness (QED) is 0.936. The fourth-order valence-corrected chi connectivity index (χ4v) is 2.38. The molecule has 5 heteroatoms. The summed E-state index contributed by atoms with van der Waals surface area (Å²) in [5, 5.41) is 4.48. The molecule has 1 heterocycles. The Balaban J connectivity index is 2.25. The van der Waals surface area contributed by atoms with Gasteiger partial charge in [-0.15, -0.1) is 0 Å². The number of benzene rings is 1. The minimum absolute atomic E-state index is 0.131. The summed E-state index contributed by atoms with van der Waals surface area (Å²) in [7, 11) is 1.86. The Kier molecular flexibility index (Phi) is 4.22. The van der Waals surface area contributed by atoms with Crippen LogP contribution in [0.2, 0.25) is 5.02 Å². The molecule has 2 rings (SSSR count). The van der Waals surface area contributed by atoms with Gasteiger partial charge in [0.05, 0.1) is 10.7 Å². The van der Waals surface area contributed by atoms with Gasteiger partial charge in [-0.25, -0.2) is 4.39 Å². The van der Waals surface area contributed by atoms with Crippen LogP contribution < -0.4 is 5.73 Å². The molecule has 1 aromatic heterocycles. The number of nitrogens with two attached hydrogens (primary N) is 1. The van der Waals surface area contributed by atoms with Crippen molar-refractivity contribution in [3.63, 3.8) is 0 Å². The van der Waals surface area contributed by atoms with Gasteiger partial charge in [0, 0.05) is 24.8 Å². The van der Waals surface area contributed by atoms with Gasteiger partial charge in [0.25, 0.3) is 0 Å². The second kappa shape index (κ2) is 5.72. The zero-order valence-corrected chi connectivity index (χ0v) is 11.8. The average molecular weight is 282 g/mol. The van der Waals surface area contributed by atoms with E-state index in [1.165, 1.54) is 6.07 Å². The average Bonchev–Trinajstić information content (AvgIpc) is 2.76. The molecule has 1 atom stereocenters. The molecule has 19 heavy (non-hydrogen) atoms. The summed E-state index contributed by atoms with van der Waals surface area (Å²) in [6.45, 7) is 2.03. The van der Waals surface area contributed by atoms with Gasteiger partial charge in [0.15, 0.2) is 0 Å². The third kappa shape index (κ3) is 2.96.